The summed E-state index contributed by atoms with van der Waals surface area (Å²) in [7, 11) is 0. The summed E-state index contributed by atoms with van der Waals surface area (Å²) in [6, 6.07) is 19.9. The number of rotatable bonds is 10. The van der Waals surface area contributed by atoms with Crippen LogP contribution in [0.2, 0.25) is 0 Å². The second-order valence-corrected chi connectivity index (χ2v) is 7.27. The summed E-state index contributed by atoms with van der Waals surface area (Å²) in [5.41, 5.74) is 1.01. The molecule has 2 aromatic carbocycles. The molecule has 0 aliphatic rings. The zero-order valence-electron chi connectivity index (χ0n) is 17.4. The molecule has 0 atom stereocenters. The molecule has 0 amide bonds. The Bertz CT molecular complexity index is 732. The van der Waals surface area contributed by atoms with Crippen LogP contribution in [0.15, 0.2) is 72.8 Å². The zero-order chi connectivity index (χ0) is 22.4. The van der Waals surface area contributed by atoms with Gasteiger partial charge in [0.2, 0.25) is 0 Å². The minimum Gasteiger partial charge on any atom is -0.545 e. The second-order valence-electron chi connectivity index (χ2n) is 7.27. The summed E-state index contributed by atoms with van der Waals surface area (Å²) < 4.78 is 0. The van der Waals surface area contributed by atoms with Gasteiger partial charge in [0.05, 0.1) is 11.9 Å². The number of aliphatic carboxylic acids is 2. The summed E-state index contributed by atoms with van der Waals surface area (Å²) in [5.74, 6) is -2.44. The molecule has 0 fully saturated rings. The average Bonchev–Trinajstić information content (AvgIpc) is 2.73. The summed E-state index contributed by atoms with van der Waals surface area (Å²) in [4.78, 5) is 18.8. The first-order chi connectivity index (χ1) is 14.3. The van der Waals surface area contributed by atoms with Crippen LogP contribution >= 0.6 is 0 Å². The van der Waals surface area contributed by atoms with Crippen molar-refractivity contribution in [3.05, 3.63) is 83.9 Å². The van der Waals surface area contributed by atoms with Gasteiger partial charge in [0.15, 0.2) is 0 Å². The van der Waals surface area contributed by atoms with E-state index < -0.39 is 17.5 Å². The lowest BCUT2D eigenvalue weighted by molar-refractivity contribution is -0.301. The van der Waals surface area contributed by atoms with Crippen molar-refractivity contribution in [2.24, 2.45) is 5.92 Å². The zero-order valence-corrected chi connectivity index (χ0v) is 17.4. The van der Waals surface area contributed by atoms with Crippen LogP contribution in [0.25, 0.3) is 0 Å². The molecule has 0 heterocycles. The van der Waals surface area contributed by atoms with Gasteiger partial charge in [-0.3, -0.25) is 0 Å². The van der Waals surface area contributed by atoms with Gasteiger partial charge in [0.1, 0.15) is 5.60 Å². The number of hydrogen-bond donors (Lipinski definition) is 2. The van der Waals surface area contributed by atoms with Crippen LogP contribution in [0, 0.1) is 5.92 Å². The van der Waals surface area contributed by atoms with E-state index in [4.69, 9.17) is 0 Å². The monoisotopic (exact) mass is 411 g/mol. The van der Waals surface area contributed by atoms with Gasteiger partial charge in [-0.25, -0.2) is 0 Å². The standard InChI is InChI=1S/C20H27NO.C4H4O4/c1-17(2)16-21-15-9-14-20(22,18-10-5-3-6-11-18)19-12-7-4-8-13-19;5-3(6)1-2-4(7)8/h3-8,10-13,17,21-22H,9,14-16H2,1-2H3;1-2H,(H,5,6)(H,7,8)/p-2. The topological polar surface area (TPSA) is 113 Å². The second kappa shape index (κ2) is 13.3. The van der Waals surface area contributed by atoms with Crippen LogP contribution in [-0.2, 0) is 15.2 Å². The van der Waals surface area contributed by atoms with Crippen molar-refractivity contribution in [3.63, 3.8) is 0 Å². The smallest absolute Gasteiger partial charge is 0.115 e. The van der Waals surface area contributed by atoms with Crippen LogP contribution in [0.1, 0.15) is 37.8 Å². The molecule has 0 aliphatic heterocycles. The van der Waals surface area contributed by atoms with E-state index in [0.717, 1.165) is 30.6 Å². The molecule has 0 aromatic heterocycles. The number of carboxylic acids is 2. The Hall–Kier alpha value is -2.96. The van der Waals surface area contributed by atoms with Crippen LogP contribution in [-0.4, -0.2) is 30.1 Å². The van der Waals surface area contributed by atoms with E-state index in [2.05, 4.69) is 19.2 Å². The molecule has 0 saturated heterocycles. The molecule has 0 aliphatic carbocycles. The van der Waals surface area contributed by atoms with Crippen molar-refractivity contribution in [2.45, 2.75) is 32.3 Å². The van der Waals surface area contributed by atoms with Crippen molar-refractivity contribution >= 4 is 11.9 Å². The number of benzene rings is 2. The highest BCUT2D eigenvalue weighted by Crippen LogP contribution is 2.33. The lowest BCUT2D eigenvalue weighted by Gasteiger charge is -2.29. The molecule has 6 nitrogen and oxygen atoms in total. The highest BCUT2D eigenvalue weighted by molar-refractivity contribution is 5.87. The Balaban J connectivity index is 0.000000479. The fraction of sp³-hybridized carbons (Fsp3) is 0.333. The Labute approximate surface area is 177 Å². The van der Waals surface area contributed by atoms with Gasteiger partial charge < -0.3 is 30.2 Å². The number of carbonyl (C=O) groups excluding carboxylic acids is 2. The summed E-state index contributed by atoms with van der Waals surface area (Å²) >= 11 is 0. The molecule has 2 N–H and O–H groups in total. The molecule has 2 aromatic rings. The normalized spacial score (nSPS) is 11.2. The number of hydrogen-bond acceptors (Lipinski definition) is 6. The van der Waals surface area contributed by atoms with Gasteiger partial charge in [-0.05, 0) is 55.1 Å². The maximum atomic E-state index is 11.3. The number of carboxylic acid groups (broad SMARTS) is 2. The average molecular weight is 411 g/mol. The Morgan fingerprint density at radius 3 is 1.73 bits per heavy atom. The van der Waals surface area contributed by atoms with E-state index in [-0.39, 0.29) is 0 Å². The van der Waals surface area contributed by atoms with Gasteiger partial charge in [0.25, 0.3) is 0 Å². The third-order valence-electron chi connectivity index (χ3n) is 4.30. The summed E-state index contributed by atoms with van der Waals surface area (Å²) in [5, 5.41) is 33.6. The van der Waals surface area contributed by atoms with E-state index in [1.807, 2.05) is 60.7 Å². The van der Waals surface area contributed by atoms with Crippen molar-refractivity contribution in [1.82, 2.24) is 5.32 Å². The van der Waals surface area contributed by atoms with Gasteiger partial charge in [-0.1, -0.05) is 74.5 Å². The molecule has 0 radical (unpaired) electrons. The number of nitrogens with one attached hydrogen (secondary N) is 1. The molecule has 30 heavy (non-hydrogen) atoms. The lowest BCUT2D eigenvalue weighted by atomic mass is 9.82. The Kier molecular flexibility index (Phi) is 11.1. The van der Waals surface area contributed by atoms with Crippen LogP contribution in [0.4, 0.5) is 0 Å². The van der Waals surface area contributed by atoms with Gasteiger partial charge in [-0.2, -0.15) is 0 Å². The number of carbonyl (C=O) groups is 2. The summed E-state index contributed by atoms with van der Waals surface area (Å²) in [6.07, 6.45) is 2.42. The molecule has 162 valence electrons. The minimum absolute atomic E-state index is 0.384. The molecule has 0 bridgehead atoms. The first kappa shape index (κ1) is 25.1. The highest BCUT2D eigenvalue weighted by atomic mass is 16.4. The van der Waals surface area contributed by atoms with Crippen LogP contribution in [0.3, 0.4) is 0 Å². The highest BCUT2D eigenvalue weighted by Gasteiger charge is 2.30. The quantitative estimate of drug-likeness (QED) is 0.445. The Morgan fingerprint density at radius 2 is 1.37 bits per heavy atom. The van der Waals surface area contributed by atoms with E-state index in [1.165, 1.54) is 0 Å². The maximum Gasteiger partial charge on any atom is 0.115 e. The van der Waals surface area contributed by atoms with E-state index in [1.54, 1.807) is 0 Å². The molecular weight excluding hydrogens is 382 g/mol. The first-order valence-corrected chi connectivity index (χ1v) is 9.90. The van der Waals surface area contributed by atoms with E-state index >= 15 is 0 Å². The largest absolute Gasteiger partial charge is 0.545 e. The van der Waals surface area contributed by atoms with Crippen LogP contribution < -0.4 is 15.5 Å². The van der Waals surface area contributed by atoms with Crippen molar-refractivity contribution in [1.29, 1.82) is 0 Å². The third-order valence-corrected chi connectivity index (χ3v) is 4.30. The minimum atomic E-state index is -1.55. The van der Waals surface area contributed by atoms with Crippen molar-refractivity contribution < 1.29 is 24.9 Å². The molecular formula is C24H29NO5-2. The predicted molar refractivity (Wildman–Crippen MR) is 112 cm³/mol. The van der Waals surface area contributed by atoms with Gasteiger partial charge in [0, 0.05) is 0 Å². The molecule has 2 rings (SSSR count). The summed E-state index contributed by atoms with van der Waals surface area (Å²) in [6.45, 7) is 6.36. The maximum absolute atomic E-state index is 11.3. The fourth-order valence-electron chi connectivity index (χ4n) is 2.88. The van der Waals surface area contributed by atoms with E-state index in [9.17, 15) is 24.9 Å². The fourth-order valence-corrected chi connectivity index (χ4v) is 2.88. The lowest BCUT2D eigenvalue weighted by Crippen LogP contribution is -2.29. The van der Waals surface area contributed by atoms with E-state index in [0.29, 0.717) is 24.5 Å². The number of aliphatic hydroxyl groups is 1. The third kappa shape index (κ3) is 9.49. The van der Waals surface area contributed by atoms with Gasteiger partial charge >= 0.3 is 0 Å². The van der Waals surface area contributed by atoms with Crippen molar-refractivity contribution in [3.8, 4) is 0 Å². The molecule has 0 unspecified atom stereocenters. The van der Waals surface area contributed by atoms with Crippen LogP contribution in [0.5, 0.6) is 0 Å². The first-order valence-electron chi connectivity index (χ1n) is 9.90. The molecule has 0 saturated carbocycles. The predicted octanol–water partition coefficient (Wildman–Crippen LogP) is 0.991. The van der Waals surface area contributed by atoms with Crippen molar-refractivity contribution in [2.75, 3.05) is 13.1 Å². The Morgan fingerprint density at radius 1 is 0.933 bits per heavy atom. The molecule has 0 spiro atoms. The molecule has 6 heteroatoms. The SMILES string of the molecule is CC(C)CNCCCC(O)(c1ccccc1)c1ccccc1.O=C([O-])C=CC(=O)[O-]. The van der Waals surface area contributed by atoms with Gasteiger partial charge in [-0.15, -0.1) is 0 Å².